The summed E-state index contributed by atoms with van der Waals surface area (Å²) in [5, 5.41) is 9.39. The zero-order chi connectivity index (χ0) is 18.5. The number of aliphatic hydroxyl groups excluding tert-OH is 1. The average Bonchev–Trinajstić information content (AvgIpc) is 2.62. The normalized spacial score (nSPS) is 19.0. The van der Waals surface area contributed by atoms with Crippen molar-refractivity contribution in [2.24, 2.45) is 0 Å². The van der Waals surface area contributed by atoms with Gasteiger partial charge >= 0.3 is 0 Å². The van der Waals surface area contributed by atoms with E-state index in [1.165, 1.54) is 12.1 Å². The van der Waals surface area contributed by atoms with Crippen LogP contribution in [0.2, 0.25) is 0 Å². The Morgan fingerprint density at radius 2 is 1.73 bits per heavy atom. The summed E-state index contributed by atoms with van der Waals surface area (Å²) in [7, 11) is 0. The molecule has 1 fully saturated rings. The fourth-order valence-electron chi connectivity index (χ4n) is 3.47. The maximum Gasteiger partial charge on any atom is 0.159 e. The molecule has 0 spiro atoms. The first kappa shape index (κ1) is 18.9. The number of piperazine rings is 1. The molecule has 1 aliphatic rings. The van der Waals surface area contributed by atoms with E-state index in [0.29, 0.717) is 37.2 Å². The molecule has 2 aromatic rings. The van der Waals surface area contributed by atoms with Crippen LogP contribution in [0.4, 0.5) is 13.2 Å². The topological polar surface area (TPSA) is 26.7 Å². The molecule has 1 saturated heterocycles. The Morgan fingerprint density at radius 1 is 0.923 bits per heavy atom. The second-order valence-corrected chi connectivity index (χ2v) is 6.71. The van der Waals surface area contributed by atoms with Gasteiger partial charge in [-0.2, -0.15) is 0 Å². The maximum absolute atomic E-state index is 13.9. The van der Waals surface area contributed by atoms with Gasteiger partial charge in [0.05, 0.1) is 0 Å². The van der Waals surface area contributed by atoms with Crippen LogP contribution in [0.15, 0.2) is 42.5 Å². The predicted octanol–water partition coefficient (Wildman–Crippen LogP) is 3.17. The fourth-order valence-corrected chi connectivity index (χ4v) is 3.47. The van der Waals surface area contributed by atoms with Crippen molar-refractivity contribution >= 4 is 0 Å². The van der Waals surface area contributed by atoms with Crippen LogP contribution in [0.5, 0.6) is 0 Å². The van der Waals surface area contributed by atoms with E-state index >= 15 is 0 Å². The molecule has 0 bridgehead atoms. The van der Waals surface area contributed by atoms with E-state index in [1.807, 2.05) is 6.07 Å². The molecule has 2 aromatic carbocycles. The van der Waals surface area contributed by atoms with Gasteiger partial charge in [-0.15, -0.1) is 0 Å². The van der Waals surface area contributed by atoms with Crippen molar-refractivity contribution in [2.45, 2.75) is 25.6 Å². The monoisotopic (exact) mass is 364 g/mol. The van der Waals surface area contributed by atoms with E-state index in [2.05, 4.69) is 9.80 Å². The molecule has 1 aliphatic heterocycles. The molecular formula is C20H23F3N2O. The van der Waals surface area contributed by atoms with Gasteiger partial charge in [0, 0.05) is 50.9 Å². The van der Waals surface area contributed by atoms with E-state index < -0.39 is 11.6 Å². The van der Waals surface area contributed by atoms with Gasteiger partial charge in [-0.05, 0) is 30.2 Å². The van der Waals surface area contributed by atoms with Gasteiger partial charge in [0.2, 0.25) is 0 Å². The lowest BCUT2D eigenvalue weighted by Crippen LogP contribution is -2.52. The molecule has 6 heteroatoms. The highest BCUT2D eigenvalue weighted by atomic mass is 19.2. The first-order valence-corrected chi connectivity index (χ1v) is 8.81. The Labute approximate surface area is 151 Å². The van der Waals surface area contributed by atoms with Crippen molar-refractivity contribution in [1.82, 2.24) is 9.80 Å². The number of nitrogens with zero attached hydrogens (tertiary/aromatic N) is 2. The number of rotatable bonds is 6. The smallest absolute Gasteiger partial charge is 0.159 e. The summed E-state index contributed by atoms with van der Waals surface area (Å²) in [5.41, 5.74) is 1.36. The summed E-state index contributed by atoms with van der Waals surface area (Å²) in [6.45, 7) is 3.23. The van der Waals surface area contributed by atoms with Crippen molar-refractivity contribution in [3.8, 4) is 0 Å². The Kier molecular flexibility index (Phi) is 6.29. The third-order valence-corrected chi connectivity index (χ3v) is 4.87. The van der Waals surface area contributed by atoms with E-state index in [9.17, 15) is 18.3 Å². The highest BCUT2D eigenvalue weighted by Gasteiger charge is 2.27. The lowest BCUT2D eigenvalue weighted by molar-refractivity contribution is 0.0492. The molecule has 0 saturated carbocycles. The van der Waals surface area contributed by atoms with Crippen molar-refractivity contribution in [3.63, 3.8) is 0 Å². The standard InChI is InChI=1S/C20H23F3N2O/c21-18-4-2-1-3-16(18)13-25-9-8-24(14-17(25)7-10-26)12-15-5-6-19(22)20(23)11-15/h1-6,11,17,26H,7-10,12-14H2. The molecule has 0 amide bonds. The Hall–Kier alpha value is -1.89. The summed E-state index contributed by atoms with van der Waals surface area (Å²) >= 11 is 0. The summed E-state index contributed by atoms with van der Waals surface area (Å²) in [5.74, 6) is -1.91. The molecule has 3 rings (SSSR count). The zero-order valence-electron chi connectivity index (χ0n) is 14.5. The van der Waals surface area contributed by atoms with Gasteiger partial charge in [-0.3, -0.25) is 9.80 Å². The van der Waals surface area contributed by atoms with Crippen LogP contribution in [0.25, 0.3) is 0 Å². The van der Waals surface area contributed by atoms with Crippen molar-refractivity contribution in [1.29, 1.82) is 0 Å². The molecule has 0 radical (unpaired) electrons. The van der Waals surface area contributed by atoms with E-state index in [-0.39, 0.29) is 18.5 Å². The summed E-state index contributed by atoms with van der Waals surface area (Å²) in [4.78, 5) is 4.33. The molecule has 3 nitrogen and oxygen atoms in total. The molecule has 1 atom stereocenters. The third kappa shape index (κ3) is 4.63. The predicted molar refractivity (Wildman–Crippen MR) is 93.9 cm³/mol. The summed E-state index contributed by atoms with van der Waals surface area (Å²) in [6, 6.07) is 10.8. The van der Waals surface area contributed by atoms with E-state index in [4.69, 9.17) is 0 Å². The molecule has 1 unspecified atom stereocenters. The van der Waals surface area contributed by atoms with Crippen LogP contribution in [-0.2, 0) is 13.1 Å². The lowest BCUT2D eigenvalue weighted by Gasteiger charge is -2.41. The second-order valence-electron chi connectivity index (χ2n) is 6.71. The minimum absolute atomic E-state index is 0.0530. The second kappa shape index (κ2) is 8.66. The average molecular weight is 364 g/mol. The number of hydrogen-bond donors (Lipinski definition) is 1. The van der Waals surface area contributed by atoms with Crippen molar-refractivity contribution in [3.05, 3.63) is 71.0 Å². The van der Waals surface area contributed by atoms with Crippen LogP contribution in [0.1, 0.15) is 17.5 Å². The molecule has 1 N–H and O–H groups in total. The van der Waals surface area contributed by atoms with Gasteiger partial charge in [0.15, 0.2) is 11.6 Å². The van der Waals surface area contributed by atoms with E-state index in [1.54, 1.807) is 18.2 Å². The van der Waals surface area contributed by atoms with Gasteiger partial charge in [-0.1, -0.05) is 24.3 Å². The third-order valence-electron chi connectivity index (χ3n) is 4.87. The Morgan fingerprint density at radius 3 is 2.46 bits per heavy atom. The molecule has 1 heterocycles. The highest BCUT2D eigenvalue weighted by Crippen LogP contribution is 2.20. The molecule has 26 heavy (non-hydrogen) atoms. The van der Waals surface area contributed by atoms with Crippen LogP contribution < -0.4 is 0 Å². The Bertz CT molecular complexity index is 741. The first-order chi connectivity index (χ1) is 12.6. The SMILES string of the molecule is OCCC1CN(Cc2ccc(F)c(F)c2)CCN1Cc1ccccc1F. The number of hydrogen-bond acceptors (Lipinski definition) is 3. The lowest BCUT2D eigenvalue weighted by atomic mass is 10.1. The minimum Gasteiger partial charge on any atom is -0.396 e. The molecular weight excluding hydrogens is 341 g/mol. The largest absolute Gasteiger partial charge is 0.396 e. The first-order valence-electron chi connectivity index (χ1n) is 8.81. The molecule has 0 aromatic heterocycles. The van der Waals surface area contributed by atoms with E-state index in [0.717, 1.165) is 19.2 Å². The summed E-state index contributed by atoms with van der Waals surface area (Å²) < 4.78 is 40.4. The molecule has 140 valence electrons. The number of aliphatic hydroxyl groups is 1. The highest BCUT2D eigenvalue weighted by molar-refractivity contribution is 5.19. The van der Waals surface area contributed by atoms with Crippen LogP contribution >= 0.6 is 0 Å². The van der Waals surface area contributed by atoms with Crippen molar-refractivity contribution in [2.75, 3.05) is 26.2 Å². The van der Waals surface area contributed by atoms with Gasteiger partial charge < -0.3 is 5.11 Å². The van der Waals surface area contributed by atoms with Gasteiger partial charge in [-0.25, -0.2) is 13.2 Å². The van der Waals surface area contributed by atoms with Crippen LogP contribution in [0.3, 0.4) is 0 Å². The Balaban J connectivity index is 1.65. The number of benzene rings is 2. The fraction of sp³-hybridized carbons (Fsp3) is 0.400. The maximum atomic E-state index is 13.9. The van der Waals surface area contributed by atoms with Crippen LogP contribution in [0, 0.1) is 17.5 Å². The summed E-state index contributed by atoms with van der Waals surface area (Å²) in [6.07, 6.45) is 0.586. The minimum atomic E-state index is -0.846. The van der Waals surface area contributed by atoms with Crippen molar-refractivity contribution < 1.29 is 18.3 Å². The molecule has 0 aliphatic carbocycles. The van der Waals surface area contributed by atoms with Gasteiger partial charge in [0.1, 0.15) is 5.82 Å². The van der Waals surface area contributed by atoms with Crippen LogP contribution in [-0.4, -0.2) is 47.2 Å². The quantitative estimate of drug-likeness (QED) is 0.853. The zero-order valence-corrected chi connectivity index (χ0v) is 14.5. The van der Waals surface area contributed by atoms with Gasteiger partial charge in [0.25, 0.3) is 0 Å². The number of halogens is 3.